The molecule has 3 N–H and O–H groups in total. The minimum absolute atomic E-state index is 0.208. The maximum absolute atomic E-state index is 11.8. The number of aromatic nitrogens is 2. The number of nitrogens with one attached hydrogen (secondary N) is 1. The first-order valence-corrected chi connectivity index (χ1v) is 7.47. The second kappa shape index (κ2) is 6.48. The van der Waals surface area contributed by atoms with Crippen molar-refractivity contribution in [1.29, 1.82) is 0 Å². The third kappa shape index (κ3) is 3.42. The number of thiazole rings is 1. The molecule has 0 saturated heterocycles. The van der Waals surface area contributed by atoms with Crippen molar-refractivity contribution in [2.75, 3.05) is 24.2 Å². The molecule has 0 unspecified atom stereocenters. The number of nitrogens with two attached hydrogens (primary N) is 1. The summed E-state index contributed by atoms with van der Waals surface area (Å²) < 4.78 is 8.94. The highest BCUT2D eigenvalue weighted by molar-refractivity contribution is 7.11. The molecule has 2 aromatic heterocycles. The standard InChI is InChI=1S/C11H14N4O2S2/c1-2-17-11(16)8-9(12)15-19-10(8)13-4-3-7-5-18-6-14-7/h5-6,13H,2-4H2,1H3,(H2,12,15). The van der Waals surface area contributed by atoms with Crippen LogP contribution in [0.5, 0.6) is 0 Å². The molecule has 0 atom stereocenters. The van der Waals surface area contributed by atoms with Crippen molar-refractivity contribution in [2.24, 2.45) is 0 Å². The van der Waals surface area contributed by atoms with Gasteiger partial charge in [-0.2, -0.15) is 4.37 Å². The second-order valence-corrected chi connectivity index (χ2v) is 5.14. The van der Waals surface area contributed by atoms with E-state index in [1.54, 1.807) is 23.8 Å². The summed E-state index contributed by atoms with van der Waals surface area (Å²) in [5.74, 6) is -0.232. The Balaban J connectivity index is 1.98. The molecule has 102 valence electrons. The van der Waals surface area contributed by atoms with Crippen LogP contribution in [0, 0.1) is 0 Å². The first-order chi connectivity index (χ1) is 9.22. The number of carbonyl (C=O) groups is 1. The molecule has 19 heavy (non-hydrogen) atoms. The Morgan fingerprint density at radius 2 is 2.42 bits per heavy atom. The van der Waals surface area contributed by atoms with Crippen LogP contribution < -0.4 is 11.1 Å². The number of rotatable bonds is 6. The van der Waals surface area contributed by atoms with Crippen LogP contribution in [-0.2, 0) is 11.2 Å². The molecule has 0 bridgehead atoms. The highest BCUT2D eigenvalue weighted by Crippen LogP contribution is 2.27. The molecule has 0 aliphatic rings. The lowest BCUT2D eigenvalue weighted by Crippen LogP contribution is -2.11. The summed E-state index contributed by atoms with van der Waals surface area (Å²) in [6.45, 7) is 2.73. The zero-order valence-corrected chi connectivity index (χ0v) is 12.0. The predicted molar refractivity (Wildman–Crippen MR) is 76.8 cm³/mol. The zero-order chi connectivity index (χ0) is 13.7. The van der Waals surface area contributed by atoms with Crippen molar-refractivity contribution < 1.29 is 9.53 Å². The molecule has 2 aromatic rings. The monoisotopic (exact) mass is 298 g/mol. The third-order valence-corrected chi connectivity index (χ3v) is 3.80. The van der Waals surface area contributed by atoms with Crippen LogP contribution in [0.2, 0.25) is 0 Å². The maximum atomic E-state index is 11.8. The Bertz CT molecular complexity index is 539. The van der Waals surface area contributed by atoms with E-state index in [1.165, 1.54) is 0 Å². The number of hydrogen-bond donors (Lipinski definition) is 2. The van der Waals surface area contributed by atoms with Crippen LogP contribution in [0.25, 0.3) is 0 Å². The molecule has 0 spiro atoms. The lowest BCUT2D eigenvalue weighted by Gasteiger charge is -2.05. The fourth-order valence-corrected chi connectivity index (χ4v) is 2.81. The largest absolute Gasteiger partial charge is 0.462 e. The topological polar surface area (TPSA) is 90.1 Å². The van der Waals surface area contributed by atoms with E-state index in [1.807, 2.05) is 5.38 Å². The van der Waals surface area contributed by atoms with Gasteiger partial charge in [0.25, 0.3) is 0 Å². The van der Waals surface area contributed by atoms with Crippen molar-refractivity contribution in [2.45, 2.75) is 13.3 Å². The summed E-state index contributed by atoms with van der Waals surface area (Å²) in [6, 6.07) is 0. The molecule has 0 aliphatic heterocycles. The van der Waals surface area contributed by atoms with Gasteiger partial charge >= 0.3 is 5.97 Å². The SMILES string of the molecule is CCOC(=O)c1c(N)nsc1NCCc1cscn1. The average molecular weight is 298 g/mol. The lowest BCUT2D eigenvalue weighted by atomic mass is 10.3. The Kier molecular flexibility index (Phi) is 4.69. The lowest BCUT2D eigenvalue weighted by molar-refractivity contribution is 0.0529. The number of nitrogens with zero attached hydrogens (tertiary/aromatic N) is 2. The van der Waals surface area contributed by atoms with Crippen molar-refractivity contribution in [3.8, 4) is 0 Å². The molecule has 0 fully saturated rings. The van der Waals surface area contributed by atoms with Crippen LogP contribution in [0.15, 0.2) is 10.9 Å². The highest BCUT2D eigenvalue weighted by atomic mass is 32.1. The van der Waals surface area contributed by atoms with Gasteiger partial charge in [0.05, 0.1) is 17.8 Å². The highest BCUT2D eigenvalue weighted by Gasteiger charge is 2.20. The molecular formula is C11H14N4O2S2. The van der Waals surface area contributed by atoms with E-state index in [0.717, 1.165) is 23.6 Å². The second-order valence-electron chi connectivity index (χ2n) is 3.65. The smallest absolute Gasteiger partial charge is 0.344 e. The van der Waals surface area contributed by atoms with Gasteiger partial charge in [0.2, 0.25) is 0 Å². The maximum Gasteiger partial charge on any atom is 0.344 e. The van der Waals surface area contributed by atoms with E-state index in [-0.39, 0.29) is 5.82 Å². The van der Waals surface area contributed by atoms with Gasteiger partial charge in [0.1, 0.15) is 10.6 Å². The van der Waals surface area contributed by atoms with Gasteiger partial charge in [-0.15, -0.1) is 11.3 Å². The van der Waals surface area contributed by atoms with Gasteiger partial charge in [0.15, 0.2) is 5.82 Å². The molecule has 0 aliphatic carbocycles. The molecule has 2 rings (SSSR count). The van der Waals surface area contributed by atoms with E-state index in [0.29, 0.717) is 23.7 Å². The summed E-state index contributed by atoms with van der Waals surface area (Å²) in [7, 11) is 0. The van der Waals surface area contributed by atoms with Crippen molar-refractivity contribution in [3.63, 3.8) is 0 Å². The molecule has 8 heteroatoms. The number of hydrogen-bond acceptors (Lipinski definition) is 8. The van der Waals surface area contributed by atoms with Gasteiger partial charge in [-0.3, -0.25) is 0 Å². The van der Waals surface area contributed by atoms with E-state index < -0.39 is 5.97 Å². The Morgan fingerprint density at radius 3 is 3.11 bits per heavy atom. The molecule has 2 heterocycles. The fourth-order valence-electron chi connectivity index (χ4n) is 1.49. The number of carbonyl (C=O) groups excluding carboxylic acids is 1. The third-order valence-electron chi connectivity index (χ3n) is 2.35. The number of nitrogen functional groups attached to an aromatic ring is 1. The first-order valence-electron chi connectivity index (χ1n) is 5.75. The normalized spacial score (nSPS) is 10.4. The van der Waals surface area contributed by atoms with Crippen LogP contribution in [0.3, 0.4) is 0 Å². The summed E-state index contributed by atoms with van der Waals surface area (Å²) in [4.78, 5) is 15.9. The average Bonchev–Trinajstić information content (AvgIpc) is 3.00. The van der Waals surface area contributed by atoms with Gasteiger partial charge in [-0.05, 0) is 18.5 Å². The predicted octanol–water partition coefficient (Wildman–Crippen LogP) is 2.01. The van der Waals surface area contributed by atoms with Crippen LogP contribution in [-0.4, -0.2) is 28.5 Å². The number of ether oxygens (including phenoxy) is 1. The van der Waals surface area contributed by atoms with Gasteiger partial charge in [-0.25, -0.2) is 9.78 Å². The Labute approximate surface area is 118 Å². The minimum Gasteiger partial charge on any atom is -0.462 e. The first kappa shape index (κ1) is 13.8. The van der Waals surface area contributed by atoms with Crippen LogP contribution >= 0.6 is 22.9 Å². The summed E-state index contributed by atoms with van der Waals surface area (Å²) >= 11 is 2.72. The van der Waals surface area contributed by atoms with Gasteiger partial charge in [-0.1, -0.05) is 0 Å². The zero-order valence-electron chi connectivity index (χ0n) is 10.4. The summed E-state index contributed by atoms with van der Waals surface area (Å²) in [6.07, 6.45) is 0.781. The van der Waals surface area contributed by atoms with Crippen LogP contribution in [0.4, 0.5) is 10.8 Å². The minimum atomic E-state index is -0.440. The molecule has 0 saturated carbocycles. The molecular weight excluding hydrogens is 284 g/mol. The molecule has 6 nitrogen and oxygen atoms in total. The quantitative estimate of drug-likeness (QED) is 0.793. The van der Waals surface area contributed by atoms with Crippen molar-refractivity contribution in [1.82, 2.24) is 9.36 Å². The van der Waals surface area contributed by atoms with Gasteiger partial charge < -0.3 is 15.8 Å². The molecule has 0 radical (unpaired) electrons. The number of anilines is 2. The van der Waals surface area contributed by atoms with E-state index in [9.17, 15) is 4.79 Å². The Morgan fingerprint density at radius 1 is 1.58 bits per heavy atom. The summed E-state index contributed by atoms with van der Waals surface area (Å²) in [5, 5.41) is 5.79. The fraction of sp³-hybridized carbons (Fsp3) is 0.364. The number of esters is 1. The van der Waals surface area contributed by atoms with Crippen molar-refractivity contribution in [3.05, 3.63) is 22.1 Å². The van der Waals surface area contributed by atoms with Gasteiger partial charge in [0, 0.05) is 18.3 Å². The summed E-state index contributed by atoms with van der Waals surface area (Å²) in [5.41, 5.74) is 8.83. The Hall–Kier alpha value is -1.67. The molecule has 0 aromatic carbocycles. The van der Waals surface area contributed by atoms with E-state index in [2.05, 4.69) is 14.7 Å². The van der Waals surface area contributed by atoms with E-state index >= 15 is 0 Å². The van der Waals surface area contributed by atoms with E-state index in [4.69, 9.17) is 10.5 Å². The van der Waals surface area contributed by atoms with Crippen LogP contribution in [0.1, 0.15) is 23.0 Å². The molecule has 0 amide bonds. The van der Waals surface area contributed by atoms with Crippen molar-refractivity contribution >= 4 is 39.7 Å².